The fraction of sp³-hybridized carbons (Fsp3) is 0.353. The summed E-state index contributed by atoms with van der Waals surface area (Å²) in [6.07, 6.45) is 9.02. The third kappa shape index (κ3) is 6.52. The van der Waals surface area contributed by atoms with Crippen LogP contribution in [0.3, 0.4) is 0 Å². The lowest BCUT2D eigenvalue weighted by Crippen LogP contribution is -2.33. The molecule has 2 fully saturated rings. The first kappa shape index (κ1) is 28.6. The highest BCUT2D eigenvalue weighted by atomic mass is 35.5. The molecule has 0 bridgehead atoms. The maximum Gasteiger partial charge on any atom is 0.153 e. The highest BCUT2D eigenvalue weighted by Gasteiger charge is 2.27. The van der Waals surface area contributed by atoms with E-state index in [9.17, 15) is 4.79 Å². The number of hydrogen-bond acceptors (Lipinski definition) is 4. The Morgan fingerprint density at radius 2 is 1.77 bits per heavy atom. The van der Waals surface area contributed by atoms with E-state index in [1.165, 1.54) is 56.3 Å². The van der Waals surface area contributed by atoms with E-state index in [1.54, 1.807) is 12.1 Å². The number of aldehydes is 1. The van der Waals surface area contributed by atoms with Crippen molar-refractivity contribution in [3.63, 3.8) is 0 Å². The first-order valence-corrected chi connectivity index (χ1v) is 15.0. The summed E-state index contributed by atoms with van der Waals surface area (Å²) in [5, 5.41) is 4.20. The van der Waals surface area contributed by atoms with E-state index < -0.39 is 0 Å². The quantitative estimate of drug-likeness (QED) is 0.194. The van der Waals surface area contributed by atoms with Gasteiger partial charge in [-0.15, -0.1) is 0 Å². The molecule has 0 atom stereocenters. The molecule has 1 aliphatic heterocycles. The number of aryl methyl sites for hydroxylation is 1. The summed E-state index contributed by atoms with van der Waals surface area (Å²) in [6.45, 7) is 13.1. The maximum atomic E-state index is 11.4. The van der Waals surface area contributed by atoms with E-state index in [1.807, 2.05) is 6.20 Å². The van der Waals surface area contributed by atoms with Crippen LogP contribution in [-0.4, -0.2) is 42.3 Å². The monoisotopic (exact) mass is 573 g/mol. The number of piperidine rings is 1. The predicted octanol–water partition coefficient (Wildman–Crippen LogP) is 8.86. The number of carbonyl (C=O) groups is 1. The van der Waals surface area contributed by atoms with Crippen molar-refractivity contribution in [3.8, 4) is 11.1 Å². The zero-order chi connectivity index (χ0) is 28.2. The average molecular weight is 575 g/mol. The normalized spacial score (nSPS) is 16.4. The molecule has 2 heterocycles. The van der Waals surface area contributed by atoms with Crippen LogP contribution in [0.25, 0.3) is 16.7 Å². The van der Waals surface area contributed by atoms with Gasteiger partial charge < -0.3 is 10.2 Å². The van der Waals surface area contributed by atoms with Gasteiger partial charge in [0.15, 0.2) is 6.29 Å². The minimum atomic E-state index is 0.312. The first-order chi connectivity index (χ1) is 19.4. The molecule has 4 nitrogen and oxygen atoms in total. The fourth-order valence-electron chi connectivity index (χ4n) is 5.58. The van der Waals surface area contributed by atoms with Gasteiger partial charge in [-0.05, 0) is 128 Å². The van der Waals surface area contributed by atoms with Crippen molar-refractivity contribution in [1.82, 2.24) is 9.88 Å². The fourth-order valence-corrected chi connectivity index (χ4v) is 6.15. The Morgan fingerprint density at radius 1 is 1.05 bits per heavy atom. The van der Waals surface area contributed by atoms with E-state index in [0.717, 1.165) is 52.3 Å². The third-order valence-corrected chi connectivity index (χ3v) is 8.82. The molecule has 0 radical (unpaired) electrons. The highest BCUT2D eigenvalue weighted by Crippen LogP contribution is 2.43. The SMILES string of the molecule is C=C(/C(C)=C(\c1ccc(NCCN2CCCCC2)nc1)c1cc(-c2cc(Cl)c(C=O)c(Cl)c2)ccc1C)C1CC1. The topological polar surface area (TPSA) is 45.2 Å². The van der Waals surface area contributed by atoms with Crippen LogP contribution in [0, 0.1) is 12.8 Å². The molecule has 0 unspecified atom stereocenters. The average Bonchev–Trinajstić information content (AvgIpc) is 3.81. The number of rotatable bonds is 10. The third-order valence-electron chi connectivity index (χ3n) is 8.20. The number of nitrogens with one attached hydrogen (secondary N) is 1. The Balaban J connectivity index is 1.47. The second-order valence-electron chi connectivity index (χ2n) is 11.1. The molecule has 2 aromatic carbocycles. The van der Waals surface area contributed by atoms with Gasteiger partial charge in [-0.25, -0.2) is 4.98 Å². The summed E-state index contributed by atoms with van der Waals surface area (Å²) in [4.78, 5) is 18.7. The molecular weight excluding hydrogens is 537 g/mol. The molecule has 6 heteroatoms. The lowest BCUT2D eigenvalue weighted by atomic mass is 9.86. The first-order valence-electron chi connectivity index (χ1n) is 14.2. The zero-order valence-electron chi connectivity index (χ0n) is 23.4. The van der Waals surface area contributed by atoms with Crippen molar-refractivity contribution in [3.05, 3.63) is 98.7 Å². The largest absolute Gasteiger partial charge is 0.369 e. The summed E-state index contributed by atoms with van der Waals surface area (Å²) in [7, 11) is 0. The van der Waals surface area contributed by atoms with Crippen LogP contribution in [0.2, 0.25) is 10.0 Å². The van der Waals surface area contributed by atoms with Gasteiger partial charge in [0.05, 0.1) is 15.6 Å². The van der Waals surface area contributed by atoms with Crippen molar-refractivity contribution in [2.24, 2.45) is 5.92 Å². The minimum Gasteiger partial charge on any atom is -0.369 e. The van der Waals surface area contributed by atoms with E-state index >= 15 is 0 Å². The van der Waals surface area contributed by atoms with Crippen LogP contribution in [-0.2, 0) is 0 Å². The van der Waals surface area contributed by atoms with E-state index in [-0.39, 0.29) is 0 Å². The predicted molar refractivity (Wildman–Crippen MR) is 169 cm³/mol. The van der Waals surface area contributed by atoms with Crippen molar-refractivity contribution in [2.45, 2.75) is 46.0 Å². The van der Waals surface area contributed by atoms with Crippen LogP contribution >= 0.6 is 23.2 Å². The Kier molecular flexibility index (Phi) is 9.10. The van der Waals surface area contributed by atoms with Gasteiger partial charge in [0, 0.05) is 24.8 Å². The van der Waals surface area contributed by atoms with Crippen molar-refractivity contribution >= 4 is 40.9 Å². The molecule has 1 N–H and O–H groups in total. The number of aromatic nitrogens is 1. The maximum absolute atomic E-state index is 11.4. The number of hydrogen-bond donors (Lipinski definition) is 1. The molecule has 40 heavy (non-hydrogen) atoms. The summed E-state index contributed by atoms with van der Waals surface area (Å²) in [5.41, 5.74) is 9.04. The Morgan fingerprint density at radius 3 is 2.40 bits per heavy atom. The summed E-state index contributed by atoms with van der Waals surface area (Å²) >= 11 is 12.8. The van der Waals surface area contributed by atoms with Crippen molar-refractivity contribution in [1.29, 1.82) is 0 Å². The lowest BCUT2D eigenvalue weighted by Gasteiger charge is -2.26. The van der Waals surface area contributed by atoms with Crippen LogP contribution < -0.4 is 5.32 Å². The Labute approximate surface area is 248 Å². The van der Waals surface area contributed by atoms with Gasteiger partial charge in [-0.3, -0.25) is 4.79 Å². The summed E-state index contributed by atoms with van der Waals surface area (Å²) < 4.78 is 0. The van der Waals surface area contributed by atoms with Crippen LogP contribution in [0.5, 0.6) is 0 Å². The second kappa shape index (κ2) is 12.7. The van der Waals surface area contributed by atoms with E-state index in [0.29, 0.717) is 27.8 Å². The number of pyridine rings is 1. The van der Waals surface area contributed by atoms with Gasteiger partial charge >= 0.3 is 0 Å². The number of anilines is 1. The Bertz CT molecular complexity index is 1410. The molecule has 0 spiro atoms. The van der Waals surface area contributed by atoms with Crippen LogP contribution in [0.1, 0.15) is 66.1 Å². The van der Waals surface area contributed by atoms with Gasteiger partial charge in [-0.2, -0.15) is 0 Å². The van der Waals surface area contributed by atoms with Crippen LogP contribution in [0.4, 0.5) is 5.82 Å². The molecule has 1 saturated carbocycles. The zero-order valence-corrected chi connectivity index (χ0v) is 24.9. The Hall–Kier alpha value is -2.92. The molecule has 1 aliphatic carbocycles. The molecule has 0 amide bonds. The van der Waals surface area contributed by atoms with Gasteiger partial charge in [-0.1, -0.05) is 48.3 Å². The van der Waals surface area contributed by atoms with Gasteiger partial charge in [0.2, 0.25) is 0 Å². The smallest absolute Gasteiger partial charge is 0.153 e. The lowest BCUT2D eigenvalue weighted by molar-refractivity contribution is 0.112. The highest BCUT2D eigenvalue weighted by molar-refractivity contribution is 6.39. The molecule has 2 aliphatic rings. The molecule has 1 aromatic heterocycles. The molecule has 5 rings (SSSR count). The van der Waals surface area contributed by atoms with Crippen molar-refractivity contribution < 1.29 is 4.79 Å². The standard InChI is InChI=1S/C34H37Cl2N3O/c1-22-7-8-26(28-18-31(35)30(21-40)32(36)19-28)17-29(22)34(24(3)23(2)25-9-10-25)27-11-12-33(38-20-27)37-13-16-39-14-5-4-6-15-39/h7-8,11-12,17-21,25H,2,4-6,9-10,13-16H2,1,3H3,(H,37,38)/b34-24+. The number of carbonyl (C=O) groups excluding carboxylic acids is 1. The van der Waals surface area contributed by atoms with E-state index in [4.69, 9.17) is 28.2 Å². The van der Waals surface area contributed by atoms with Gasteiger partial charge in [0.25, 0.3) is 0 Å². The number of nitrogens with zero attached hydrogens (tertiary/aromatic N) is 2. The number of allylic oxidation sites excluding steroid dienone is 2. The van der Waals surface area contributed by atoms with E-state index in [2.05, 4.69) is 61.0 Å². The molecule has 3 aromatic rings. The second-order valence-corrected chi connectivity index (χ2v) is 11.9. The minimum absolute atomic E-state index is 0.312. The number of halogens is 2. The summed E-state index contributed by atoms with van der Waals surface area (Å²) in [5.74, 6) is 1.44. The molecule has 208 valence electrons. The summed E-state index contributed by atoms with van der Waals surface area (Å²) in [6, 6.07) is 14.2. The van der Waals surface area contributed by atoms with Crippen LogP contribution in [0.15, 0.2) is 66.4 Å². The molecule has 1 saturated heterocycles. The van der Waals surface area contributed by atoms with Gasteiger partial charge in [0.1, 0.15) is 5.82 Å². The number of benzene rings is 2. The number of likely N-dealkylation sites (tertiary alicyclic amines) is 1. The molecular formula is C34H37Cl2N3O. The van der Waals surface area contributed by atoms with Crippen molar-refractivity contribution in [2.75, 3.05) is 31.5 Å².